The number of halogens is 3. The van der Waals surface area contributed by atoms with Crippen molar-refractivity contribution >= 4 is 11.7 Å². The number of hydrogen-bond acceptors (Lipinski definition) is 4. The molecule has 4 rings (SSSR count). The summed E-state index contributed by atoms with van der Waals surface area (Å²) in [6.07, 6.45) is 1.76. The van der Waals surface area contributed by atoms with Gasteiger partial charge in [-0.1, -0.05) is 18.6 Å². The minimum Gasteiger partial charge on any atom is -0.406 e. The van der Waals surface area contributed by atoms with Crippen LogP contribution in [0.2, 0.25) is 0 Å². The molecule has 0 saturated heterocycles. The number of hydrogen-bond donors (Lipinski definition) is 2. The smallest absolute Gasteiger partial charge is 0.406 e. The van der Waals surface area contributed by atoms with E-state index in [0.717, 1.165) is 43.4 Å². The summed E-state index contributed by atoms with van der Waals surface area (Å²) in [6.45, 7) is 0.271. The third kappa shape index (κ3) is 4.64. The second-order valence-corrected chi connectivity index (χ2v) is 7.11. The highest BCUT2D eigenvalue weighted by molar-refractivity contribution is 6.03. The summed E-state index contributed by atoms with van der Waals surface area (Å²) in [4.78, 5) is 12.8. The van der Waals surface area contributed by atoms with Gasteiger partial charge in [-0.05, 0) is 43.4 Å². The molecule has 1 aliphatic carbocycles. The highest BCUT2D eigenvalue weighted by Gasteiger charge is 2.31. The number of aromatic nitrogens is 4. The first kappa shape index (κ1) is 20.0. The van der Waals surface area contributed by atoms with E-state index >= 15 is 0 Å². The first-order chi connectivity index (χ1) is 14.4. The zero-order valence-corrected chi connectivity index (χ0v) is 16.0. The number of carbonyl (C=O) groups excluding carboxylic acids is 1. The maximum atomic E-state index is 12.8. The van der Waals surface area contributed by atoms with E-state index in [1.54, 1.807) is 16.9 Å². The van der Waals surface area contributed by atoms with E-state index in [2.05, 4.69) is 25.3 Å². The zero-order chi connectivity index (χ0) is 21.1. The Balaban J connectivity index is 1.45. The van der Waals surface area contributed by atoms with Crippen molar-refractivity contribution in [1.82, 2.24) is 20.0 Å². The lowest BCUT2D eigenvalue weighted by molar-refractivity contribution is -0.274. The van der Waals surface area contributed by atoms with Crippen LogP contribution in [-0.4, -0.2) is 32.2 Å². The first-order valence-corrected chi connectivity index (χ1v) is 9.63. The summed E-state index contributed by atoms with van der Waals surface area (Å²) in [5.74, 6) is -0.134. The van der Waals surface area contributed by atoms with Gasteiger partial charge in [0.2, 0.25) is 0 Å². The molecule has 0 fully saturated rings. The van der Waals surface area contributed by atoms with E-state index in [1.807, 2.05) is 0 Å². The largest absolute Gasteiger partial charge is 0.573 e. The molecule has 7 nitrogen and oxygen atoms in total. The molecule has 0 radical (unpaired) electrons. The van der Waals surface area contributed by atoms with Crippen molar-refractivity contribution in [2.24, 2.45) is 0 Å². The number of ether oxygens (including phenoxy) is 1. The van der Waals surface area contributed by atoms with Crippen LogP contribution in [0.4, 0.5) is 19.0 Å². The van der Waals surface area contributed by atoms with E-state index in [1.165, 1.54) is 24.3 Å². The topological polar surface area (TPSA) is 84.8 Å². The Hall–Kier alpha value is -3.30. The van der Waals surface area contributed by atoms with Gasteiger partial charge in [0.1, 0.15) is 11.6 Å². The summed E-state index contributed by atoms with van der Waals surface area (Å²) in [5, 5.41) is 14.2. The molecule has 1 aliphatic rings. The lowest BCUT2D eigenvalue weighted by Gasteiger charge is -2.11. The molecule has 0 bridgehead atoms. The van der Waals surface area contributed by atoms with Crippen molar-refractivity contribution in [3.8, 4) is 5.75 Å². The van der Waals surface area contributed by atoms with Crippen molar-refractivity contribution in [2.75, 3.05) is 5.32 Å². The van der Waals surface area contributed by atoms with Crippen LogP contribution in [0.3, 0.4) is 0 Å². The average molecular weight is 419 g/mol. The third-order valence-electron chi connectivity index (χ3n) is 4.97. The van der Waals surface area contributed by atoms with Crippen LogP contribution in [0.15, 0.2) is 36.5 Å². The summed E-state index contributed by atoms with van der Waals surface area (Å²) in [6, 6.07) is 7.17. The van der Waals surface area contributed by atoms with Crippen LogP contribution < -0.4 is 10.1 Å². The Kier molecular flexibility index (Phi) is 5.47. The number of aryl methyl sites for hydroxylation is 1. The van der Waals surface area contributed by atoms with Gasteiger partial charge < -0.3 is 10.1 Å². The monoisotopic (exact) mass is 419 g/mol. The van der Waals surface area contributed by atoms with Crippen molar-refractivity contribution in [3.05, 3.63) is 59.0 Å². The summed E-state index contributed by atoms with van der Waals surface area (Å²) < 4.78 is 42.3. The molecular weight excluding hydrogens is 399 g/mol. The Morgan fingerprint density at radius 1 is 1.13 bits per heavy atom. The van der Waals surface area contributed by atoms with E-state index in [0.29, 0.717) is 17.1 Å². The molecule has 0 saturated carbocycles. The van der Waals surface area contributed by atoms with Crippen molar-refractivity contribution < 1.29 is 22.7 Å². The highest BCUT2D eigenvalue weighted by atomic mass is 19.4. The zero-order valence-electron chi connectivity index (χ0n) is 16.0. The van der Waals surface area contributed by atoms with Crippen molar-refractivity contribution in [3.63, 3.8) is 0 Å². The minimum atomic E-state index is -4.73. The normalized spacial score (nSPS) is 14.1. The van der Waals surface area contributed by atoms with Gasteiger partial charge in [-0.2, -0.15) is 10.2 Å². The number of amides is 1. The molecular formula is C20H20F3N5O2. The molecule has 0 spiro atoms. The fraction of sp³-hybridized carbons (Fsp3) is 0.350. The summed E-state index contributed by atoms with van der Waals surface area (Å²) >= 11 is 0. The van der Waals surface area contributed by atoms with E-state index < -0.39 is 6.36 Å². The fourth-order valence-electron chi connectivity index (χ4n) is 3.56. The van der Waals surface area contributed by atoms with E-state index in [9.17, 15) is 18.0 Å². The quantitative estimate of drug-likeness (QED) is 0.611. The highest BCUT2D eigenvalue weighted by Crippen LogP contribution is 2.24. The number of H-pyrrole nitrogens is 1. The van der Waals surface area contributed by atoms with Gasteiger partial charge in [-0.15, -0.1) is 13.2 Å². The molecule has 2 heterocycles. The SMILES string of the molecule is O=C(Nc1ccnn1Cc1ccc(OC(F)(F)F)cc1)c1n[nH]c2c1CCCCC2. The number of aromatic amines is 1. The molecule has 0 unspecified atom stereocenters. The predicted octanol–water partition coefficient (Wildman–Crippen LogP) is 4.07. The second-order valence-electron chi connectivity index (χ2n) is 7.11. The Bertz CT molecular complexity index is 1020. The van der Waals surface area contributed by atoms with Gasteiger partial charge in [-0.3, -0.25) is 9.89 Å². The lowest BCUT2D eigenvalue weighted by Crippen LogP contribution is -2.18. The van der Waals surface area contributed by atoms with Crippen LogP contribution in [-0.2, 0) is 19.4 Å². The molecule has 0 atom stereocenters. The Morgan fingerprint density at radius 3 is 2.67 bits per heavy atom. The molecule has 158 valence electrons. The van der Waals surface area contributed by atoms with E-state index in [4.69, 9.17) is 0 Å². The van der Waals surface area contributed by atoms with Crippen molar-refractivity contribution in [2.45, 2.75) is 45.0 Å². The van der Waals surface area contributed by atoms with Crippen LogP contribution >= 0.6 is 0 Å². The molecule has 2 N–H and O–H groups in total. The Morgan fingerprint density at radius 2 is 1.90 bits per heavy atom. The van der Waals surface area contributed by atoms with Gasteiger partial charge >= 0.3 is 6.36 Å². The number of fused-ring (bicyclic) bond motifs is 1. The molecule has 10 heteroatoms. The van der Waals surface area contributed by atoms with Gasteiger partial charge in [0, 0.05) is 17.3 Å². The minimum absolute atomic E-state index is 0.271. The molecule has 0 aliphatic heterocycles. The maximum absolute atomic E-state index is 12.8. The number of rotatable bonds is 5. The molecule has 2 aromatic heterocycles. The number of carbonyl (C=O) groups is 1. The number of nitrogens with one attached hydrogen (secondary N) is 2. The van der Waals surface area contributed by atoms with Crippen LogP contribution in [0.5, 0.6) is 5.75 Å². The van der Waals surface area contributed by atoms with Gasteiger partial charge in [0.05, 0.1) is 12.7 Å². The molecule has 30 heavy (non-hydrogen) atoms. The number of alkyl halides is 3. The van der Waals surface area contributed by atoms with Gasteiger partial charge in [-0.25, -0.2) is 4.68 Å². The number of benzene rings is 1. The Labute approximate surface area is 170 Å². The van der Waals surface area contributed by atoms with Crippen molar-refractivity contribution in [1.29, 1.82) is 0 Å². The average Bonchev–Trinajstić information content (AvgIpc) is 3.22. The third-order valence-corrected chi connectivity index (χ3v) is 4.97. The first-order valence-electron chi connectivity index (χ1n) is 9.63. The molecule has 1 aromatic carbocycles. The predicted molar refractivity (Wildman–Crippen MR) is 102 cm³/mol. The number of anilines is 1. The standard InChI is InChI=1S/C20H20F3N5O2/c21-20(22,23)30-14-8-6-13(7-9-14)12-28-17(10-11-24-28)25-19(29)18-15-4-2-1-3-5-16(15)26-27-18/h6-11H,1-5,12H2,(H,25,29)(H,26,27). The van der Waals surface area contributed by atoms with Crippen LogP contribution in [0, 0.1) is 0 Å². The second kappa shape index (κ2) is 8.21. The van der Waals surface area contributed by atoms with Crippen LogP contribution in [0.1, 0.15) is 46.6 Å². The molecule has 1 amide bonds. The summed E-state index contributed by atoms with van der Waals surface area (Å²) in [5.41, 5.74) is 3.09. The van der Waals surface area contributed by atoms with Gasteiger partial charge in [0.15, 0.2) is 5.69 Å². The summed E-state index contributed by atoms with van der Waals surface area (Å²) in [7, 11) is 0. The lowest BCUT2D eigenvalue weighted by atomic mass is 10.1. The van der Waals surface area contributed by atoms with Crippen LogP contribution in [0.25, 0.3) is 0 Å². The maximum Gasteiger partial charge on any atom is 0.573 e. The number of nitrogens with zero attached hydrogens (tertiary/aromatic N) is 3. The van der Waals surface area contributed by atoms with E-state index in [-0.39, 0.29) is 18.2 Å². The molecule has 3 aromatic rings. The van der Waals surface area contributed by atoms with Gasteiger partial charge in [0.25, 0.3) is 5.91 Å². The fourth-order valence-corrected chi connectivity index (χ4v) is 3.56.